The van der Waals surface area contributed by atoms with Crippen molar-refractivity contribution in [2.24, 2.45) is 0 Å². The first-order valence-corrected chi connectivity index (χ1v) is 3.87. The molecule has 0 saturated heterocycles. The Kier molecular flexibility index (Phi) is 7.10. The Morgan fingerprint density at radius 3 is 2.18 bits per heavy atom. The summed E-state index contributed by atoms with van der Waals surface area (Å²) >= 11 is 0. The van der Waals surface area contributed by atoms with Gasteiger partial charge in [-0.15, -0.1) is 0 Å². The van der Waals surface area contributed by atoms with Crippen LogP contribution < -0.4 is 0 Å². The summed E-state index contributed by atoms with van der Waals surface area (Å²) in [7, 11) is 0. The monoisotopic (exact) mass is 156 g/mol. The highest BCUT2D eigenvalue weighted by Gasteiger charge is 1.99. The smallest absolute Gasteiger partial charge is 0.177 e. The highest BCUT2D eigenvalue weighted by molar-refractivity contribution is 4.98. The molecule has 0 atom stereocenters. The molecule has 0 fully saturated rings. The summed E-state index contributed by atoms with van der Waals surface area (Å²) in [5.74, 6) is 0. The van der Waals surface area contributed by atoms with Crippen LogP contribution in [0.15, 0.2) is 24.8 Å². The Morgan fingerprint density at radius 2 is 1.82 bits per heavy atom. The molecule has 0 spiro atoms. The second-order valence-electron chi connectivity index (χ2n) is 1.90. The van der Waals surface area contributed by atoms with E-state index in [4.69, 9.17) is 9.47 Å². The molecule has 0 rings (SSSR count). The molecule has 0 unspecified atom stereocenters. The van der Waals surface area contributed by atoms with Crippen LogP contribution in [-0.4, -0.2) is 19.5 Å². The Balaban J connectivity index is 3.67. The van der Waals surface area contributed by atoms with Crippen LogP contribution in [0.3, 0.4) is 0 Å². The molecule has 0 amide bonds. The van der Waals surface area contributed by atoms with E-state index >= 15 is 0 Å². The molecule has 64 valence electrons. The molecule has 0 aromatic rings. The molecule has 0 radical (unpaired) electrons. The lowest BCUT2D eigenvalue weighted by atomic mass is 10.5. The Morgan fingerprint density at radius 1 is 1.27 bits per heavy atom. The van der Waals surface area contributed by atoms with E-state index in [-0.39, 0.29) is 6.29 Å². The molecule has 2 nitrogen and oxygen atoms in total. The van der Waals surface area contributed by atoms with Crippen LogP contribution >= 0.6 is 0 Å². The lowest BCUT2D eigenvalue weighted by Gasteiger charge is -2.11. The van der Waals surface area contributed by atoms with Gasteiger partial charge in [0.25, 0.3) is 0 Å². The largest absolute Gasteiger partial charge is 0.349 e. The van der Waals surface area contributed by atoms with Crippen molar-refractivity contribution in [2.45, 2.75) is 20.1 Å². The van der Waals surface area contributed by atoms with E-state index in [1.54, 1.807) is 6.08 Å². The maximum Gasteiger partial charge on any atom is 0.177 e. The van der Waals surface area contributed by atoms with Crippen molar-refractivity contribution in [3.05, 3.63) is 24.8 Å². The number of hydrogen-bond donors (Lipinski definition) is 0. The van der Waals surface area contributed by atoms with Gasteiger partial charge < -0.3 is 9.47 Å². The molecular weight excluding hydrogens is 140 g/mol. The normalized spacial score (nSPS) is 11.2. The second kappa shape index (κ2) is 7.51. The van der Waals surface area contributed by atoms with Gasteiger partial charge >= 0.3 is 0 Å². The third-order valence-corrected chi connectivity index (χ3v) is 1.07. The minimum atomic E-state index is -0.219. The van der Waals surface area contributed by atoms with E-state index in [2.05, 4.69) is 6.58 Å². The quantitative estimate of drug-likeness (QED) is 0.433. The number of rotatable bonds is 6. The predicted octanol–water partition coefficient (Wildman–Crippen LogP) is 2.13. The molecule has 11 heavy (non-hydrogen) atoms. The summed E-state index contributed by atoms with van der Waals surface area (Å²) in [5, 5.41) is 0. The fourth-order valence-electron chi connectivity index (χ4n) is 0.657. The van der Waals surface area contributed by atoms with Crippen LogP contribution in [0.2, 0.25) is 0 Å². The van der Waals surface area contributed by atoms with E-state index in [0.29, 0.717) is 13.2 Å². The van der Waals surface area contributed by atoms with E-state index in [1.807, 2.05) is 26.0 Å². The molecule has 0 aliphatic rings. The van der Waals surface area contributed by atoms with Crippen LogP contribution in [0.1, 0.15) is 13.8 Å². The highest BCUT2D eigenvalue weighted by Crippen LogP contribution is 1.96. The van der Waals surface area contributed by atoms with Crippen molar-refractivity contribution in [3.8, 4) is 0 Å². The van der Waals surface area contributed by atoms with Crippen LogP contribution in [0, 0.1) is 0 Å². The van der Waals surface area contributed by atoms with Gasteiger partial charge in [0.2, 0.25) is 0 Å². The molecule has 0 aromatic heterocycles. The molecule has 2 heteroatoms. The third-order valence-electron chi connectivity index (χ3n) is 1.07. The minimum absolute atomic E-state index is 0.219. The molecule has 0 aromatic carbocycles. The topological polar surface area (TPSA) is 18.5 Å². The van der Waals surface area contributed by atoms with E-state index in [0.717, 1.165) is 0 Å². The summed E-state index contributed by atoms with van der Waals surface area (Å²) in [5.41, 5.74) is 0. The first-order chi connectivity index (χ1) is 5.35. The van der Waals surface area contributed by atoms with Gasteiger partial charge in [0.1, 0.15) is 0 Å². The number of hydrogen-bond acceptors (Lipinski definition) is 2. The van der Waals surface area contributed by atoms with Gasteiger partial charge in [-0.2, -0.15) is 0 Å². The van der Waals surface area contributed by atoms with Crippen molar-refractivity contribution in [1.82, 2.24) is 0 Å². The van der Waals surface area contributed by atoms with Gasteiger partial charge in [0.15, 0.2) is 6.29 Å². The van der Waals surface area contributed by atoms with Gasteiger partial charge in [-0.25, -0.2) is 0 Å². The van der Waals surface area contributed by atoms with Crippen LogP contribution in [0.4, 0.5) is 0 Å². The van der Waals surface area contributed by atoms with Gasteiger partial charge in [0, 0.05) is 13.2 Å². The zero-order valence-corrected chi connectivity index (χ0v) is 7.25. The summed E-state index contributed by atoms with van der Waals surface area (Å²) in [6, 6.07) is 0. The van der Waals surface area contributed by atoms with Crippen LogP contribution in [0.5, 0.6) is 0 Å². The molecule has 0 heterocycles. The molecule has 0 saturated carbocycles. The summed E-state index contributed by atoms with van der Waals surface area (Å²) in [4.78, 5) is 0. The second-order valence-corrected chi connectivity index (χ2v) is 1.90. The van der Waals surface area contributed by atoms with Gasteiger partial charge in [-0.1, -0.05) is 18.7 Å². The lowest BCUT2D eigenvalue weighted by Crippen LogP contribution is -2.13. The number of ether oxygens (including phenoxy) is 2. The molecule has 0 aliphatic carbocycles. The number of allylic oxidation sites excluding steroid dienone is 2. The van der Waals surface area contributed by atoms with E-state index in [1.165, 1.54) is 0 Å². The fraction of sp³-hybridized carbons (Fsp3) is 0.556. The Bertz CT molecular complexity index is 113. The zero-order valence-electron chi connectivity index (χ0n) is 7.25. The molecule has 0 N–H and O–H groups in total. The average molecular weight is 156 g/mol. The van der Waals surface area contributed by atoms with Crippen LogP contribution in [0.25, 0.3) is 0 Å². The Labute approximate surface area is 68.5 Å². The maximum atomic E-state index is 5.23. The summed E-state index contributed by atoms with van der Waals surface area (Å²) < 4.78 is 10.5. The van der Waals surface area contributed by atoms with Crippen molar-refractivity contribution in [1.29, 1.82) is 0 Å². The van der Waals surface area contributed by atoms with Crippen molar-refractivity contribution in [3.63, 3.8) is 0 Å². The lowest BCUT2D eigenvalue weighted by molar-refractivity contribution is -0.103. The Hall–Kier alpha value is -0.600. The van der Waals surface area contributed by atoms with Crippen molar-refractivity contribution >= 4 is 0 Å². The SMILES string of the molecule is C=C/C=C\C(OCC)OCC. The first kappa shape index (κ1) is 10.4. The molecular formula is C9H16O2. The van der Waals surface area contributed by atoms with Crippen molar-refractivity contribution in [2.75, 3.05) is 13.2 Å². The fourth-order valence-corrected chi connectivity index (χ4v) is 0.657. The molecule has 0 bridgehead atoms. The zero-order chi connectivity index (χ0) is 8.53. The summed E-state index contributed by atoms with van der Waals surface area (Å²) in [6.45, 7) is 8.75. The van der Waals surface area contributed by atoms with Gasteiger partial charge in [0.05, 0.1) is 0 Å². The van der Waals surface area contributed by atoms with E-state index < -0.39 is 0 Å². The highest BCUT2D eigenvalue weighted by atomic mass is 16.7. The third kappa shape index (κ3) is 5.83. The standard InChI is InChI=1S/C9H16O2/c1-4-7-8-9(10-5-2)11-6-3/h4,7-9H,1,5-6H2,2-3H3/b8-7-. The minimum Gasteiger partial charge on any atom is -0.349 e. The van der Waals surface area contributed by atoms with Crippen LogP contribution in [-0.2, 0) is 9.47 Å². The molecule has 0 aliphatic heterocycles. The first-order valence-electron chi connectivity index (χ1n) is 3.87. The van der Waals surface area contributed by atoms with E-state index in [9.17, 15) is 0 Å². The summed E-state index contributed by atoms with van der Waals surface area (Å²) in [6.07, 6.45) is 5.13. The average Bonchev–Trinajstić information content (AvgIpc) is 2.01. The van der Waals surface area contributed by atoms with Gasteiger partial charge in [-0.05, 0) is 19.9 Å². The van der Waals surface area contributed by atoms with Crippen molar-refractivity contribution < 1.29 is 9.47 Å². The van der Waals surface area contributed by atoms with Gasteiger partial charge in [-0.3, -0.25) is 0 Å². The maximum absolute atomic E-state index is 5.23. The predicted molar refractivity (Wildman–Crippen MR) is 46.4 cm³/mol.